The van der Waals surface area contributed by atoms with Gasteiger partial charge < -0.3 is 15.8 Å². The Hall–Kier alpha value is -1.82. The van der Waals surface area contributed by atoms with Crippen LogP contribution in [-0.2, 0) is 4.79 Å². The number of ether oxygens (including phenoxy) is 1. The van der Waals surface area contributed by atoms with Gasteiger partial charge in [0, 0.05) is 24.3 Å². The van der Waals surface area contributed by atoms with Crippen molar-refractivity contribution in [2.75, 3.05) is 5.32 Å². The first kappa shape index (κ1) is 17.5. The summed E-state index contributed by atoms with van der Waals surface area (Å²) in [5, 5.41) is 3.56. The van der Waals surface area contributed by atoms with Crippen molar-refractivity contribution in [1.29, 1.82) is 0 Å². The maximum absolute atomic E-state index is 11.7. The zero-order valence-electron chi connectivity index (χ0n) is 12.6. The Labute approximate surface area is 144 Å². The zero-order chi connectivity index (χ0) is 16.8. The van der Waals surface area contributed by atoms with Crippen LogP contribution in [0.1, 0.15) is 19.8 Å². The summed E-state index contributed by atoms with van der Waals surface area (Å²) < 4.78 is 5.57. The Balaban J connectivity index is 1.95. The van der Waals surface area contributed by atoms with Crippen LogP contribution in [0.2, 0.25) is 10.0 Å². The number of hydrogen-bond donors (Lipinski definition) is 2. The number of pyridine rings is 1. The van der Waals surface area contributed by atoms with E-state index >= 15 is 0 Å². The van der Waals surface area contributed by atoms with Gasteiger partial charge in [0.05, 0.1) is 5.02 Å². The molecule has 3 N–H and O–H groups in total. The molecule has 2 rings (SSSR count). The summed E-state index contributed by atoms with van der Waals surface area (Å²) in [6, 6.07) is 8.47. The van der Waals surface area contributed by atoms with E-state index in [9.17, 15) is 4.79 Å². The first-order valence-corrected chi connectivity index (χ1v) is 7.84. The molecule has 0 aliphatic rings. The minimum atomic E-state index is -0.0709. The van der Waals surface area contributed by atoms with Crippen LogP contribution >= 0.6 is 23.2 Å². The molecule has 0 aliphatic heterocycles. The Kier molecular flexibility index (Phi) is 6.21. The van der Waals surface area contributed by atoms with E-state index in [1.54, 1.807) is 30.3 Å². The van der Waals surface area contributed by atoms with E-state index in [2.05, 4.69) is 10.3 Å². The van der Waals surface area contributed by atoms with Gasteiger partial charge in [-0.1, -0.05) is 23.2 Å². The van der Waals surface area contributed by atoms with E-state index in [0.29, 0.717) is 34.3 Å². The van der Waals surface area contributed by atoms with Gasteiger partial charge in [0.25, 0.3) is 0 Å². The quantitative estimate of drug-likeness (QED) is 0.813. The second-order valence-electron chi connectivity index (χ2n) is 5.13. The lowest BCUT2D eigenvalue weighted by molar-refractivity contribution is -0.116. The van der Waals surface area contributed by atoms with E-state index < -0.39 is 0 Å². The molecule has 5 nitrogen and oxygen atoms in total. The number of benzene rings is 1. The molecule has 0 saturated heterocycles. The molecule has 0 saturated carbocycles. The molecule has 2 aromatic rings. The monoisotopic (exact) mass is 353 g/mol. The van der Waals surface area contributed by atoms with Gasteiger partial charge in [0.1, 0.15) is 10.8 Å². The van der Waals surface area contributed by atoms with E-state index in [4.69, 9.17) is 33.7 Å². The molecule has 1 aromatic heterocycles. The van der Waals surface area contributed by atoms with Crippen molar-refractivity contribution in [2.45, 2.75) is 25.8 Å². The summed E-state index contributed by atoms with van der Waals surface area (Å²) in [7, 11) is 0. The topological polar surface area (TPSA) is 77.2 Å². The lowest BCUT2D eigenvalue weighted by Gasteiger charge is -2.09. The van der Waals surface area contributed by atoms with Crippen LogP contribution in [0.4, 0.5) is 5.69 Å². The fraction of sp³-hybridized carbons (Fsp3) is 0.250. The highest BCUT2D eigenvalue weighted by Gasteiger charge is 2.07. The highest BCUT2D eigenvalue weighted by atomic mass is 35.5. The fourth-order valence-electron chi connectivity index (χ4n) is 1.78. The SMILES string of the molecule is CC(N)CCC(=O)Nc1ccc(Oc2ncc(Cl)cc2Cl)cc1. The standard InChI is InChI=1S/C16H17Cl2N3O2/c1-10(19)2-7-15(22)21-12-3-5-13(6-4-12)23-16-14(18)8-11(17)9-20-16/h3-6,8-10H,2,7,19H2,1H3,(H,21,22). The fourth-order valence-corrected chi connectivity index (χ4v) is 2.20. The molecule has 7 heteroatoms. The molecule has 0 bridgehead atoms. The number of carbonyl (C=O) groups is 1. The molecule has 1 amide bonds. The van der Waals surface area contributed by atoms with Gasteiger partial charge >= 0.3 is 0 Å². The highest BCUT2D eigenvalue weighted by molar-refractivity contribution is 6.35. The van der Waals surface area contributed by atoms with Crippen molar-refractivity contribution < 1.29 is 9.53 Å². The van der Waals surface area contributed by atoms with Gasteiger partial charge in [-0.05, 0) is 43.7 Å². The van der Waals surface area contributed by atoms with Gasteiger partial charge in [-0.3, -0.25) is 4.79 Å². The van der Waals surface area contributed by atoms with E-state index in [0.717, 1.165) is 0 Å². The smallest absolute Gasteiger partial charge is 0.238 e. The number of anilines is 1. The predicted octanol–water partition coefficient (Wildman–Crippen LogP) is 4.25. The Bertz CT molecular complexity index is 676. The van der Waals surface area contributed by atoms with Crippen LogP contribution in [0.3, 0.4) is 0 Å². The summed E-state index contributed by atoms with van der Waals surface area (Å²) in [4.78, 5) is 15.7. The third-order valence-corrected chi connectivity index (χ3v) is 3.43. The van der Waals surface area contributed by atoms with Crippen molar-refractivity contribution >= 4 is 34.8 Å². The summed E-state index contributed by atoms with van der Waals surface area (Å²) in [6.07, 6.45) is 2.49. The number of nitrogens with zero attached hydrogens (tertiary/aromatic N) is 1. The predicted molar refractivity (Wildman–Crippen MR) is 92.3 cm³/mol. The molecule has 0 fully saturated rings. The van der Waals surface area contributed by atoms with Crippen molar-refractivity contribution in [3.8, 4) is 11.6 Å². The minimum absolute atomic E-state index is 0.00755. The average molecular weight is 354 g/mol. The molecule has 0 aliphatic carbocycles. The molecule has 122 valence electrons. The minimum Gasteiger partial charge on any atom is -0.438 e. The molecule has 1 unspecified atom stereocenters. The zero-order valence-corrected chi connectivity index (χ0v) is 14.1. The molecule has 23 heavy (non-hydrogen) atoms. The van der Waals surface area contributed by atoms with E-state index in [1.807, 2.05) is 6.92 Å². The average Bonchev–Trinajstić information content (AvgIpc) is 2.50. The van der Waals surface area contributed by atoms with Gasteiger partial charge in [0.15, 0.2) is 0 Å². The summed E-state index contributed by atoms with van der Waals surface area (Å²) >= 11 is 11.8. The van der Waals surface area contributed by atoms with Crippen LogP contribution in [-0.4, -0.2) is 16.9 Å². The van der Waals surface area contributed by atoms with E-state index in [-0.39, 0.29) is 17.8 Å². The van der Waals surface area contributed by atoms with Crippen molar-refractivity contribution in [1.82, 2.24) is 4.98 Å². The third kappa shape index (κ3) is 5.71. The van der Waals surface area contributed by atoms with Crippen molar-refractivity contribution in [3.05, 3.63) is 46.6 Å². The molecule has 0 spiro atoms. The van der Waals surface area contributed by atoms with Crippen molar-refractivity contribution in [3.63, 3.8) is 0 Å². The second kappa shape index (κ2) is 8.15. The van der Waals surface area contributed by atoms with E-state index in [1.165, 1.54) is 6.20 Å². The number of halogens is 2. The molecule has 1 atom stereocenters. The number of amides is 1. The number of aromatic nitrogens is 1. The maximum Gasteiger partial charge on any atom is 0.238 e. The molecule has 0 radical (unpaired) electrons. The Morgan fingerprint density at radius 3 is 2.65 bits per heavy atom. The first-order chi connectivity index (χ1) is 10.9. The summed E-state index contributed by atoms with van der Waals surface area (Å²) in [6.45, 7) is 1.87. The molecule has 1 aromatic carbocycles. The summed E-state index contributed by atoms with van der Waals surface area (Å²) in [5.74, 6) is 0.749. The lowest BCUT2D eigenvalue weighted by atomic mass is 10.2. The largest absolute Gasteiger partial charge is 0.438 e. The van der Waals surface area contributed by atoms with Gasteiger partial charge in [0.2, 0.25) is 11.8 Å². The molecule has 1 heterocycles. The van der Waals surface area contributed by atoms with Crippen LogP contribution < -0.4 is 15.8 Å². The maximum atomic E-state index is 11.7. The van der Waals surface area contributed by atoms with Crippen LogP contribution in [0.25, 0.3) is 0 Å². The molecular weight excluding hydrogens is 337 g/mol. The lowest BCUT2D eigenvalue weighted by Crippen LogP contribution is -2.19. The Morgan fingerprint density at radius 1 is 1.35 bits per heavy atom. The number of hydrogen-bond acceptors (Lipinski definition) is 4. The normalized spacial score (nSPS) is 11.8. The first-order valence-electron chi connectivity index (χ1n) is 7.08. The highest BCUT2D eigenvalue weighted by Crippen LogP contribution is 2.29. The summed E-state index contributed by atoms with van der Waals surface area (Å²) in [5.41, 5.74) is 6.31. The van der Waals surface area contributed by atoms with Crippen LogP contribution in [0.15, 0.2) is 36.5 Å². The van der Waals surface area contributed by atoms with Gasteiger partial charge in [-0.2, -0.15) is 0 Å². The number of nitrogens with one attached hydrogen (secondary N) is 1. The second-order valence-corrected chi connectivity index (χ2v) is 5.97. The van der Waals surface area contributed by atoms with Crippen molar-refractivity contribution in [2.24, 2.45) is 5.73 Å². The number of rotatable bonds is 6. The number of carbonyl (C=O) groups excluding carboxylic acids is 1. The van der Waals surface area contributed by atoms with Gasteiger partial charge in [-0.15, -0.1) is 0 Å². The van der Waals surface area contributed by atoms with Gasteiger partial charge in [-0.25, -0.2) is 4.98 Å². The third-order valence-electron chi connectivity index (χ3n) is 2.95. The number of nitrogens with two attached hydrogens (primary N) is 1. The molecular formula is C16H17Cl2N3O2. The Morgan fingerprint density at radius 2 is 2.04 bits per heavy atom. The van der Waals surface area contributed by atoms with Crippen LogP contribution in [0, 0.1) is 0 Å². The van der Waals surface area contributed by atoms with Crippen LogP contribution in [0.5, 0.6) is 11.6 Å².